The molecular weight excluding hydrogens is 280 g/mol. The number of hydrogen-bond acceptors (Lipinski definition) is 2. The van der Waals surface area contributed by atoms with Gasteiger partial charge in [-0.1, -0.05) is 43.2 Å². The van der Waals surface area contributed by atoms with Crippen LogP contribution in [0.25, 0.3) is 0 Å². The number of aromatic nitrogens is 2. The molecule has 2 rings (SSSR count). The second-order valence-corrected chi connectivity index (χ2v) is 5.53. The molecule has 112 valence electrons. The number of rotatable bonds is 6. The Balaban J connectivity index is 1.88. The summed E-state index contributed by atoms with van der Waals surface area (Å²) < 4.78 is 1.91. The van der Waals surface area contributed by atoms with Gasteiger partial charge in [-0.3, -0.25) is 4.68 Å². The van der Waals surface area contributed by atoms with Gasteiger partial charge in [-0.05, 0) is 31.1 Å². The Bertz CT molecular complexity index is 591. The Morgan fingerprint density at radius 2 is 2.19 bits per heavy atom. The van der Waals surface area contributed by atoms with Gasteiger partial charge < -0.3 is 10.6 Å². The van der Waals surface area contributed by atoms with E-state index in [1.807, 2.05) is 16.9 Å². The lowest BCUT2D eigenvalue weighted by Crippen LogP contribution is -2.29. The standard InChI is InChI=1S/C16H22N4S/c1-3-4-9-17-16(21)18-15-8-10-20(19-15)12-14-7-5-6-13(2)11-14/h5-8,10-11H,3-4,9,12H2,1-2H3,(H2,17,18,19,21). The SMILES string of the molecule is CCCCNC(=S)Nc1ccn(Cc2cccc(C)c2)n1. The molecule has 5 heteroatoms. The van der Waals surface area contributed by atoms with E-state index >= 15 is 0 Å². The Labute approximate surface area is 131 Å². The molecule has 1 aromatic heterocycles. The van der Waals surface area contributed by atoms with Gasteiger partial charge in [-0.2, -0.15) is 5.10 Å². The average Bonchev–Trinajstić information content (AvgIpc) is 2.86. The van der Waals surface area contributed by atoms with Crippen LogP contribution in [0.15, 0.2) is 36.5 Å². The zero-order chi connectivity index (χ0) is 15.1. The minimum absolute atomic E-state index is 0.629. The summed E-state index contributed by atoms with van der Waals surface area (Å²) in [7, 11) is 0. The summed E-state index contributed by atoms with van der Waals surface area (Å²) in [6.07, 6.45) is 4.23. The van der Waals surface area contributed by atoms with Crippen molar-refractivity contribution < 1.29 is 0 Å². The Morgan fingerprint density at radius 3 is 2.95 bits per heavy atom. The summed E-state index contributed by atoms with van der Waals surface area (Å²) in [4.78, 5) is 0. The van der Waals surface area contributed by atoms with Gasteiger partial charge in [0.2, 0.25) is 0 Å². The molecule has 0 aliphatic rings. The van der Waals surface area contributed by atoms with E-state index in [9.17, 15) is 0 Å². The van der Waals surface area contributed by atoms with Gasteiger partial charge in [0.05, 0.1) is 6.54 Å². The Morgan fingerprint density at radius 1 is 1.33 bits per heavy atom. The zero-order valence-electron chi connectivity index (χ0n) is 12.6. The molecule has 0 amide bonds. The predicted molar refractivity (Wildman–Crippen MR) is 91.6 cm³/mol. The summed E-state index contributed by atoms with van der Waals surface area (Å²) in [5.74, 6) is 0.775. The molecule has 0 fully saturated rings. The first-order chi connectivity index (χ1) is 10.2. The summed E-state index contributed by atoms with van der Waals surface area (Å²) in [5, 5.41) is 11.4. The molecule has 0 aliphatic carbocycles. The molecule has 21 heavy (non-hydrogen) atoms. The first-order valence-electron chi connectivity index (χ1n) is 7.31. The van der Waals surface area contributed by atoms with Gasteiger partial charge in [0.25, 0.3) is 0 Å². The molecule has 2 aromatic rings. The normalized spacial score (nSPS) is 10.4. The van der Waals surface area contributed by atoms with Crippen LogP contribution >= 0.6 is 12.2 Å². The van der Waals surface area contributed by atoms with Crippen LogP contribution in [0, 0.1) is 6.92 Å². The van der Waals surface area contributed by atoms with E-state index in [2.05, 4.69) is 53.8 Å². The molecule has 0 spiro atoms. The molecule has 0 saturated carbocycles. The lowest BCUT2D eigenvalue weighted by atomic mass is 10.1. The van der Waals surface area contributed by atoms with Gasteiger partial charge in [-0.15, -0.1) is 0 Å². The number of aryl methyl sites for hydroxylation is 1. The number of anilines is 1. The van der Waals surface area contributed by atoms with Crippen LogP contribution in [0.4, 0.5) is 5.82 Å². The summed E-state index contributed by atoms with van der Waals surface area (Å²) in [6, 6.07) is 10.4. The Hall–Kier alpha value is -1.88. The van der Waals surface area contributed by atoms with Crippen molar-refractivity contribution in [3.63, 3.8) is 0 Å². The van der Waals surface area contributed by atoms with E-state index in [-0.39, 0.29) is 0 Å². The highest BCUT2D eigenvalue weighted by Gasteiger charge is 2.02. The molecule has 0 radical (unpaired) electrons. The van der Waals surface area contributed by atoms with E-state index in [1.165, 1.54) is 11.1 Å². The number of hydrogen-bond donors (Lipinski definition) is 2. The minimum Gasteiger partial charge on any atom is -0.362 e. The third kappa shape index (κ3) is 5.19. The van der Waals surface area contributed by atoms with Crippen molar-refractivity contribution >= 4 is 23.1 Å². The quantitative estimate of drug-likeness (QED) is 0.634. The first kappa shape index (κ1) is 15.5. The van der Waals surface area contributed by atoms with Gasteiger partial charge in [0, 0.05) is 18.8 Å². The van der Waals surface area contributed by atoms with Crippen LogP contribution in [0.5, 0.6) is 0 Å². The van der Waals surface area contributed by atoms with Crippen molar-refractivity contribution in [2.75, 3.05) is 11.9 Å². The monoisotopic (exact) mass is 302 g/mol. The highest BCUT2D eigenvalue weighted by atomic mass is 32.1. The van der Waals surface area contributed by atoms with E-state index in [0.29, 0.717) is 5.11 Å². The maximum absolute atomic E-state index is 5.23. The summed E-state index contributed by atoms with van der Waals surface area (Å²) in [6.45, 7) is 5.91. The third-order valence-corrected chi connectivity index (χ3v) is 3.37. The van der Waals surface area contributed by atoms with Crippen molar-refractivity contribution in [3.8, 4) is 0 Å². The van der Waals surface area contributed by atoms with Gasteiger partial charge in [0.1, 0.15) is 0 Å². The number of nitrogens with one attached hydrogen (secondary N) is 2. The molecule has 0 saturated heterocycles. The first-order valence-corrected chi connectivity index (χ1v) is 7.72. The van der Waals surface area contributed by atoms with Gasteiger partial charge in [0.15, 0.2) is 10.9 Å². The molecule has 1 heterocycles. The van der Waals surface area contributed by atoms with Crippen molar-refractivity contribution in [1.29, 1.82) is 0 Å². The van der Waals surface area contributed by atoms with Gasteiger partial charge >= 0.3 is 0 Å². The van der Waals surface area contributed by atoms with Crippen molar-refractivity contribution in [2.24, 2.45) is 0 Å². The highest BCUT2D eigenvalue weighted by Crippen LogP contribution is 2.08. The zero-order valence-corrected chi connectivity index (χ0v) is 13.4. The lowest BCUT2D eigenvalue weighted by Gasteiger charge is -2.07. The van der Waals surface area contributed by atoms with E-state index in [1.54, 1.807) is 0 Å². The second kappa shape index (κ2) is 7.78. The molecule has 4 nitrogen and oxygen atoms in total. The highest BCUT2D eigenvalue weighted by molar-refractivity contribution is 7.80. The van der Waals surface area contributed by atoms with Crippen LogP contribution in [0.1, 0.15) is 30.9 Å². The maximum Gasteiger partial charge on any atom is 0.171 e. The fraction of sp³-hybridized carbons (Fsp3) is 0.375. The third-order valence-electron chi connectivity index (χ3n) is 3.13. The fourth-order valence-electron chi connectivity index (χ4n) is 2.05. The Kier molecular flexibility index (Phi) is 5.75. The van der Waals surface area contributed by atoms with E-state index in [0.717, 1.165) is 31.7 Å². The fourth-order valence-corrected chi connectivity index (χ4v) is 2.26. The molecule has 1 aromatic carbocycles. The topological polar surface area (TPSA) is 41.9 Å². The molecular formula is C16H22N4S. The molecule has 2 N–H and O–H groups in total. The smallest absolute Gasteiger partial charge is 0.171 e. The van der Waals surface area contributed by atoms with Crippen LogP contribution in [0.2, 0.25) is 0 Å². The molecule has 0 unspecified atom stereocenters. The van der Waals surface area contributed by atoms with Crippen LogP contribution in [-0.2, 0) is 6.54 Å². The second-order valence-electron chi connectivity index (χ2n) is 5.12. The predicted octanol–water partition coefficient (Wildman–Crippen LogP) is 3.33. The van der Waals surface area contributed by atoms with E-state index in [4.69, 9.17) is 12.2 Å². The molecule has 0 aliphatic heterocycles. The number of benzene rings is 1. The van der Waals surface area contributed by atoms with Gasteiger partial charge in [-0.25, -0.2) is 0 Å². The maximum atomic E-state index is 5.23. The molecule has 0 atom stereocenters. The summed E-state index contributed by atoms with van der Waals surface area (Å²) in [5.41, 5.74) is 2.51. The number of thiocarbonyl (C=S) groups is 1. The molecule has 0 bridgehead atoms. The lowest BCUT2D eigenvalue weighted by molar-refractivity contribution is 0.689. The van der Waals surface area contributed by atoms with Crippen LogP contribution in [-0.4, -0.2) is 21.4 Å². The minimum atomic E-state index is 0.629. The van der Waals surface area contributed by atoms with Crippen molar-refractivity contribution in [3.05, 3.63) is 47.7 Å². The largest absolute Gasteiger partial charge is 0.362 e. The number of unbranched alkanes of at least 4 members (excludes halogenated alkanes) is 1. The summed E-state index contributed by atoms with van der Waals surface area (Å²) >= 11 is 5.23. The average molecular weight is 302 g/mol. The van der Waals surface area contributed by atoms with Crippen LogP contribution < -0.4 is 10.6 Å². The van der Waals surface area contributed by atoms with Crippen LogP contribution in [0.3, 0.4) is 0 Å². The number of nitrogens with zero attached hydrogens (tertiary/aromatic N) is 2. The van der Waals surface area contributed by atoms with Crippen molar-refractivity contribution in [1.82, 2.24) is 15.1 Å². The van der Waals surface area contributed by atoms with Crippen molar-refractivity contribution in [2.45, 2.75) is 33.2 Å². The van der Waals surface area contributed by atoms with E-state index < -0.39 is 0 Å².